The van der Waals surface area contributed by atoms with E-state index in [1.165, 1.54) is 24.3 Å². The number of H-pyrrole nitrogens is 1. The van der Waals surface area contributed by atoms with Crippen molar-refractivity contribution in [2.24, 2.45) is 0 Å². The highest BCUT2D eigenvalue weighted by atomic mass is 19.1. The third-order valence-electron chi connectivity index (χ3n) is 5.86. The number of hydrogen-bond donors (Lipinski definition) is 1. The molecule has 2 aromatic heterocycles. The number of anilines is 1. The molecule has 0 spiro atoms. The number of hydrogen-bond acceptors (Lipinski definition) is 6. The zero-order chi connectivity index (χ0) is 23.7. The molecule has 0 aliphatic carbocycles. The van der Waals surface area contributed by atoms with Crippen LogP contribution >= 0.6 is 0 Å². The van der Waals surface area contributed by atoms with Crippen molar-refractivity contribution in [1.82, 2.24) is 25.1 Å². The quantitative estimate of drug-likeness (QED) is 0.501. The lowest BCUT2D eigenvalue weighted by molar-refractivity contribution is 0.0741. The number of aromatic nitrogens is 4. The highest BCUT2D eigenvalue weighted by Gasteiger charge is 2.25. The lowest BCUT2D eigenvalue weighted by Crippen LogP contribution is -2.49. The molecule has 8 nitrogen and oxygen atoms in total. The molecule has 34 heavy (non-hydrogen) atoms. The Morgan fingerprint density at radius 3 is 2.50 bits per heavy atom. The van der Waals surface area contributed by atoms with Crippen LogP contribution < -0.4 is 10.5 Å². The van der Waals surface area contributed by atoms with E-state index in [-0.39, 0.29) is 17.4 Å². The molecular weight excluding hydrogens is 442 g/mol. The SMILES string of the molecule is O=C(c1cc(Cc2n[nH]c(=O)c3cc(F)ccc23)ccc1F)N1CCN(c2ncccn2)CC1. The van der Waals surface area contributed by atoms with Crippen molar-refractivity contribution in [3.05, 3.63) is 93.7 Å². The van der Waals surface area contributed by atoms with Gasteiger partial charge in [0.2, 0.25) is 5.95 Å². The minimum atomic E-state index is -0.607. The number of benzene rings is 2. The first-order chi connectivity index (χ1) is 16.5. The van der Waals surface area contributed by atoms with E-state index in [0.29, 0.717) is 48.8 Å². The summed E-state index contributed by atoms with van der Waals surface area (Å²) in [6.45, 7) is 1.92. The van der Waals surface area contributed by atoms with Gasteiger partial charge < -0.3 is 9.80 Å². The third-order valence-corrected chi connectivity index (χ3v) is 5.86. The fourth-order valence-electron chi connectivity index (χ4n) is 4.10. The summed E-state index contributed by atoms with van der Waals surface area (Å²) >= 11 is 0. The van der Waals surface area contributed by atoms with Gasteiger partial charge >= 0.3 is 0 Å². The first kappa shape index (κ1) is 21.6. The lowest BCUT2D eigenvalue weighted by Gasteiger charge is -2.34. The Morgan fingerprint density at radius 2 is 1.74 bits per heavy atom. The Balaban J connectivity index is 1.36. The van der Waals surface area contributed by atoms with Crippen molar-refractivity contribution < 1.29 is 13.6 Å². The van der Waals surface area contributed by atoms with Crippen molar-refractivity contribution in [1.29, 1.82) is 0 Å². The van der Waals surface area contributed by atoms with Crippen LogP contribution in [-0.4, -0.2) is 57.2 Å². The molecule has 10 heteroatoms. The first-order valence-corrected chi connectivity index (χ1v) is 10.8. The zero-order valence-electron chi connectivity index (χ0n) is 18.0. The normalized spacial score (nSPS) is 13.9. The van der Waals surface area contributed by atoms with E-state index in [2.05, 4.69) is 20.2 Å². The van der Waals surface area contributed by atoms with Crippen LogP contribution in [0.4, 0.5) is 14.7 Å². The Labute approximate surface area is 192 Å². The molecule has 1 aliphatic rings. The Morgan fingerprint density at radius 1 is 0.971 bits per heavy atom. The standard InChI is InChI=1S/C24H20F2N6O2/c25-16-3-4-17-18(14-16)22(33)30-29-21(17)13-15-2-5-20(26)19(12-15)23(34)31-8-10-32(11-9-31)24-27-6-1-7-28-24/h1-7,12,14H,8-11,13H2,(H,30,33). The van der Waals surface area contributed by atoms with E-state index in [9.17, 15) is 18.4 Å². The number of piperazine rings is 1. The molecule has 1 fully saturated rings. The summed E-state index contributed by atoms with van der Waals surface area (Å²) in [6, 6.07) is 9.97. The van der Waals surface area contributed by atoms with Gasteiger partial charge in [-0.15, -0.1) is 0 Å². The summed E-state index contributed by atoms with van der Waals surface area (Å²) in [7, 11) is 0. The van der Waals surface area contributed by atoms with Crippen LogP contribution in [0.1, 0.15) is 21.6 Å². The number of carbonyl (C=O) groups is 1. The molecule has 1 saturated heterocycles. The summed E-state index contributed by atoms with van der Waals surface area (Å²) in [6.07, 6.45) is 3.56. The highest BCUT2D eigenvalue weighted by molar-refractivity contribution is 5.95. The predicted molar refractivity (Wildman–Crippen MR) is 122 cm³/mol. The second kappa shape index (κ2) is 8.97. The number of aromatic amines is 1. The summed E-state index contributed by atoms with van der Waals surface area (Å²) in [4.78, 5) is 37.2. The molecule has 1 aliphatic heterocycles. The number of fused-ring (bicyclic) bond motifs is 1. The van der Waals surface area contributed by atoms with Crippen LogP contribution in [0.15, 0.2) is 59.7 Å². The second-order valence-corrected chi connectivity index (χ2v) is 8.01. The van der Waals surface area contributed by atoms with Crippen molar-refractivity contribution >= 4 is 22.6 Å². The number of carbonyl (C=O) groups excluding carboxylic acids is 1. The van der Waals surface area contributed by atoms with Crippen molar-refractivity contribution in [3.63, 3.8) is 0 Å². The number of amides is 1. The number of halogens is 2. The lowest BCUT2D eigenvalue weighted by atomic mass is 10.0. The molecule has 0 atom stereocenters. The van der Waals surface area contributed by atoms with Gasteiger partial charge in [0.25, 0.3) is 11.5 Å². The largest absolute Gasteiger partial charge is 0.337 e. The van der Waals surface area contributed by atoms with Gasteiger partial charge in [0, 0.05) is 50.4 Å². The van der Waals surface area contributed by atoms with Gasteiger partial charge in [0.15, 0.2) is 0 Å². The number of rotatable bonds is 4. The predicted octanol–water partition coefficient (Wildman–Crippen LogP) is 2.54. The number of nitrogens with zero attached hydrogens (tertiary/aromatic N) is 5. The maximum atomic E-state index is 14.6. The molecule has 3 heterocycles. The summed E-state index contributed by atoms with van der Waals surface area (Å²) in [5.41, 5.74) is 0.622. The molecule has 2 aromatic carbocycles. The van der Waals surface area contributed by atoms with Gasteiger partial charge in [-0.05, 0) is 42.0 Å². The minimum absolute atomic E-state index is 0.0262. The molecule has 1 amide bonds. The van der Waals surface area contributed by atoms with Crippen LogP contribution in [-0.2, 0) is 6.42 Å². The Hall–Kier alpha value is -4.21. The molecule has 1 N–H and O–H groups in total. The third kappa shape index (κ3) is 4.21. The van der Waals surface area contributed by atoms with Crippen LogP contribution in [0.25, 0.3) is 10.8 Å². The maximum absolute atomic E-state index is 14.6. The van der Waals surface area contributed by atoms with E-state index in [4.69, 9.17) is 0 Å². The molecule has 0 saturated carbocycles. The molecule has 172 valence electrons. The van der Waals surface area contributed by atoms with Crippen LogP contribution in [0.5, 0.6) is 0 Å². The van der Waals surface area contributed by atoms with E-state index in [0.717, 1.165) is 6.07 Å². The van der Waals surface area contributed by atoms with Crippen LogP contribution in [0.3, 0.4) is 0 Å². The van der Waals surface area contributed by atoms with E-state index in [1.807, 2.05) is 4.90 Å². The summed E-state index contributed by atoms with van der Waals surface area (Å²) in [5.74, 6) is -0.926. The Bertz CT molecular complexity index is 1420. The average molecular weight is 462 g/mol. The molecule has 4 aromatic rings. The first-order valence-electron chi connectivity index (χ1n) is 10.8. The summed E-state index contributed by atoms with van der Waals surface area (Å²) in [5, 5.41) is 7.15. The van der Waals surface area contributed by atoms with Crippen molar-refractivity contribution in [2.75, 3.05) is 31.1 Å². The average Bonchev–Trinajstić information content (AvgIpc) is 2.87. The van der Waals surface area contributed by atoms with Crippen LogP contribution in [0.2, 0.25) is 0 Å². The monoisotopic (exact) mass is 462 g/mol. The van der Waals surface area contributed by atoms with Gasteiger partial charge in [-0.1, -0.05) is 6.07 Å². The molecule has 5 rings (SSSR count). The fourth-order valence-corrected chi connectivity index (χ4v) is 4.10. The summed E-state index contributed by atoms with van der Waals surface area (Å²) < 4.78 is 28.2. The van der Waals surface area contributed by atoms with Crippen molar-refractivity contribution in [2.45, 2.75) is 6.42 Å². The maximum Gasteiger partial charge on any atom is 0.272 e. The van der Waals surface area contributed by atoms with Gasteiger partial charge in [-0.2, -0.15) is 5.10 Å². The van der Waals surface area contributed by atoms with Gasteiger partial charge in [-0.25, -0.2) is 23.8 Å². The smallest absolute Gasteiger partial charge is 0.272 e. The fraction of sp³-hybridized carbons (Fsp3) is 0.208. The molecule has 0 bridgehead atoms. The Kier molecular flexibility index (Phi) is 5.70. The highest BCUT2D eigenvalue weighted by Crippen LogP contribution is 2.21. The van der Waals surface area contributed by atoms with Crippen molar-refractivity contribution in [3.8, 4) is 0 Å². The van der Waals surface area contributed by atoms with E-state index < -0.39 is 23.1 Å². The molecule has 0 radical (unpaired) electrons. The minimum Gasteiger partial charge on any atom is -0.337 e. The van der Waals surface area contributed by atoms with Crippen LogP contribution in [0, 0.1) is 11.6 Å². The second-order valence-electron chi connectivity index (χ2n) is 8.01. The van der Waals surface area contributed by atoms with Gasteiger partial charge in [0.05, 0.1) is 16.6 Å². The van der Waals surface area contributed by atoms with Gasteiger partial charge in [-0.3, -0.25) is 9.59 Å². The number of nitrogens with one attached hydrogen (secondary N) is 1. The van der Waals surface area contributed by atoms with E-state index >= 15 is 0 Å². The zero-order valence-corrected chi connectivity index (χ0v) is 18.0. The molecule has 0 unspecified atom stereocenters. The molecular formula is C24H20F2N6O2. The topological polar surface area (TPSA) is 95.1 Å². The van der Waals surface area contributed by atoms with Gasteiger partial charge in [0.1, 0.15) is 11.6 Å². The van der Waals surface area contributed by atoms with E-state index in [1.54, 1.807) is 29.4 Å².